The second-order valence-corrected chi connectivity index (χ2v) is 6.29. The molecule has 0 N–H and O–H groups in total. The first-order valence-electron chi connectivity index (χ1n) is 7.77. The topological polar surface area (TPSA) is 32.3 Å². The minimum atomic E-state index is -0.166. The predicted octanol–water partition coefficient (Wildman–Crippen LogP) is 2.18. The SMILES string of the molecule is Fc1ccc(CN2C[C@@H]3CN(c4ncccn4)C[C@@H]3C2)cc1. The van der Waals surface area contributed by atoms with E-state index in [1.54, 1.807) is 24.5 Å². The maximum absolute atomic E-state index is 13.0. The van der Waals surface area contributed by atoms with Crippen molar-refractivity contribution in [3.8, 4) is 0 Å². The van der Waals surface area contributed by atoms with Gasteiger partial charge in [0.15, 0.2) is 0 Å². The van der Waals surface area contributed by atoms with E-state index in [1.165, 1.54) is 5.56 Å². The Morgan fingerprint density at radius 3 is 2.23 bits per heavy atom. The molecule has 0 bridgehead atoms. The lowest BCUT2D eigenvalue weighted by Gasteiger charge is -2.21. The summed E-state index contributed by atoms with van der Waals surface area (Å²) in [5.74, 6) is 2.05. The summed E-state index contributed by atoms with van der Waals surface area (Å²) in [5.41, 5.74) is 1.18. The van der Waals surface area contributed by atoms with Crippen LogP contribution in [-0.2, 0) is 6.54 Å². The highest BCUT2D eigenvalue weighted by Crippen LogP contribution is 2.33. The van der Waals surface area contributed by atoms with E-state index in [-0.39, 0.29) is 5.82 Å². The minimum Gasteiger partial charge on any atom is -0.340 e. The molecule has 4 rings (SSSR count). The number of rotatable bonds is 3. The normalized spacial score (nSPS) is 24.7. The number of hydrogen-bond donors (Lipinski definition) is 0. The van der Waals surface area contributed by atoms with Crippen LogP contribution >= 0.6 is 0 Å². The standard InChI is InChI=1S/C17H19FN4/c18-16-4-2-13(3-5-16)8-21-9-14-11-22(12-15(14)10-21)17-19-6-1-7-20-17/h1-7,14-15H,8-12H2/t14-,15+. The Morgan fingerprint density at radius 2 is 1.59 bits per heavy atom. The molecule has 0 saturated carbocycles. The van der Waals surface area contributed by atoms with Crippen molar-refractivity contribution in [3.63, 3.8) is 0 Å². The Bertz CT molecular complexity index is 617. The second kappa shape index (κ2) is 5.65. The van der Waals surface area contributed by atoms with Crippen LogP contribution in [-0.4, -0.2) is 41.0 Å². The molecule has 0 spiro atoms. The van der Waals surface area contributed by atoms with Gasteiger partial charge < -0.3 is 4.90 Å². The quantitative estimate of drug-likeness (QED) is 0.869. The Morgan fingerprint density at radius 1 is 0.955 bits per heavy atom. The number of likely N-dealkylation sites (tertiary alicyclic amines) is 1. The third kappa shape index (κ3) is 2.68. The van der Waals surface area contributed by atoms with E-state index < -0.39 is 0 Å². The number of nitrogens with zero attached hydrogens (tertiary/aromatic N) is 4. The van der Waals surface area contributed by atoms with E-state index in [2.05, 4.69) is 19.8 Å². The summed E-state index contributed by atoms with van der Waals surface area (Å²) in [5, 5.41) is 0. The average molecular weight is 298 g/mol. The molecule has 0 amide bonds. The van der Waals surface area contributed by atoms with Gasteiger partial charge in [0.1, 0.15) is 5.82 Å². The molecule has 2 aromatic rings. The first-order valence-corrected chi connectivity index (χ1v) is 7.77. The van der Waals surface area contributed by atoms with Crippen molar-refractivity contribution in [2.75, 3.05) is 31.1 Å². The molecular formula is C17H19FN4. The molecule has 4 nitrogen and oxygen atoms in total. The van der Waals surface area contributed by atoms with Crippen molar-refractivity contribution in [1.29, 1.82) is 0 Å². The number of halogens is 1. The van der Waals surface area contributed by atoms with Gasteiger partial charge in [-0.2, -0.15) is 0 Å². The molecule has 2 atom stereocenters. The summed E-state index contributed by atoms with van der Waals surface area (Å²) in [7, 11) is 0. The van der Waals surface area contributed by atoms with E-state index >= 15 is 0 Å². The monoisotopic (exact) mass is 298 g/mol. The molecule has 5 heteroatoms. The van der Waals surface area contributed by atoms with Gasteiger partial charge in [-0.15, -0.1) is 0 Å². The Hall–Kier alpha value is -2.01. The number of anilines is 1. The van der Waals surface area contributed by atoms with Crippen LogP contribution in [0.25, 0.3) is 0 Å². The van der Waals surface area contributed by atoms with E-state index in [0.717, 1.165) is 38.7 Å². The third-order valence-corrected chi connectivity index (χ3v) is 4.72. The zero-order chi connectivity index (χ0) is 14.9. The number of hydrogen-bond acceptors (Lipinski definition) is 4. The Balaban J connectivity index is 1.36. The summed E-state index contributed by atoms with van der Waals surface area (Å²) in [4.78, 5) is 13.5. The molecule has 1 aromatic heterocycles. The second-order valence-electron chi connectivity index (χ2n) is 6.29. The summed E-state index contributed by atoms with van der Waals surface area (Å²) >= 11 is 0. The molecule has 2 aliphatic rings. The van der Waals surface area contributed by atoms with E-state index in [4.69, 9.17) is 0 Å². The highest BCUT2D eigenvalue weighted by atomic mass is 19.1. The van der Waals surface area contributed by atoms with Crippen molar-refractivity contribution in [1.82, 2.24) is 14.9 Å². The summed E-state index contributed by atoms with van der Waals surface area (Å²) < 4.78 is 13.0. The molecule has 3 heterocycles. The van der Waals surface area contributed by atoms with Gasteiger partial charge in [0.25, 0.3) is 0 Å². The molecule has 0 radical (unpaired) electrons. The summed E-state index contributed by atoms with van der Waals surface area (Å²) in [6.07, 6.45) is 3.61. The Labute approximate surface area is 129 Å². The molecule has 1 aromatic carbocycles. The number of benzene rings is 1. The lowest BCUT2D eigenvalue weighted by atomic mass is 10.0. The van der Waals surface area contributed by atoms with Crippen molar-refractivity contribution < 1.29 is 4.39 Å². The smallest absolute Gasteiger partial charge is 0.225 e. The van der Waals surface area contributed by atoms with Crippen molar-refractivity contribution in [3.05, 3.63) is 54.1 Å². The van der Waals surface area contributed by atoms with Crippen LogP contribution in [0.3, 0.4) is 0 Å². The maximum atomic E-state index is 13.0. The van der Waals surface area contributed by atoms with E-state index in [1.807, 2.05) is 18.2 Å². The molecule has 0 aliphatic carbocycles. The highest BCUT2D eigenvalue weighted by molar-refractivity contribution is 5.32. The summed E-state index contributed by atoms with van der Waals surface area (Å²) in [6, 6.07) is 8.70. The maximum Gasteiger partial charge on any atom is 0.225 e. The van der Waals surface area contributed by atoms with Gasteiger partial charge >= 0.3 is 0 Å². The van der Waals surface area contributed by atoms with E-state index in [9.17, 15) is 4.39 Å². The van der Waals surface area contributed by atoms with Gasteiger partial charge in [0.2, 0.25) is 5.95 Å². The molecule has 0 unspecified atom stereocenters. The molecular weight excluding hydrogens is 279 g/mol. The number of aromatic nitrogens is 2. The van der Waals surface area contributed by atoms with Gasteiger partial charge in [-0.3, -0.25) is 4.90 Å². The lowest BCUT2D eigenvalue weighted by Crippen LogP contribution is -2.29. The van der Waals surface area contributed by atoms with Gasteiger partial charge in [0, 0.05) is 45.1 Å². The van der Waals surface area contributed by atoms with Gasteiger partial charge in [-0.25, -0.2) is 14.4 Å². The van der Waals surface area contributed by atoms with Crippen LogP contribution in [0.5, 0.6) is 0 Å². The fraction of sp³-hybridized carbons (Fsp3) is 0.412. The van der Waals surface area contributed by atoms with Crippen molar-refractivity contribution >= 4 is 5.95 Å². The van der Waals surface area contributed by atoms with E-state index in [0.29, 0.717) is 11.8 Å². The third-order valence-electron chi connectivity index (χ3n) is 4.72. The molecule has 2 saturated heterocycles. The minimum absolute atomic E-state index is 0.166. The zero-order valence-electron chi connectivity index (χ0n) is 12.4. The fourth-order valence-corrected chi connectivity index (χ4v) is 3.69. The Kier molecular flexibility index (Phi) is 3.50. The first kappa shape index (κ1) is 13.6. The molecule has 22 heavy (non-hydrogen) atoms. The zero-order valence-corrected chi connectivity index (χ0v) is 12.4. The largest absolute Gasteiger partial charge is 0.340 e. The summed E-state index contributed by atoms with van der Waals surface area (Å²) in [6.45, 7) is 5.19. The van der Waals surface area contributed by atoms with Crippen LogP contribution in [0, 0.1) is 17.7 Å². The van der Waals surface area contributed by atoms with Crippen LogP contribution in [0.15, 0.2) is 42.7 Å². The highest BCUT2D eigenvalue weighted by Gasteiger charge is 2.40. The molecule has 114 valence electrons. The van der Waals surface area contributed by atoms with Gasteiger partial charge in [-0.05, 0) is 35.6 Å². The van der Waals surface area contributed by atoms with Crippen LogP contribution in [0.1, 0.15) is 5.56 Å². The number of fused-ring (bicyclic) bond motifs is 1. The van der Waals surface area contributed by atoms with Crippen LogP contribution in [0.2, 0.25) is 0 Å². The average Bonchev–Trinajstić information content (AvgIpc) is 3.09. The predicted molar refractivity (Wildman–Crippen MR) is 82.9 cm³/mol. The van der Waals surface area contributed by atoms with Crippen LogP contribution < -0.4 is 4.90 Å². The van der Waals surface area contributed by atoms with Crippen molar-refractivity contribution in [2.24, 2.45) is 11.8 Å². The van der Waals surface area contributed by atoms with Gasteiger partial charge in [-0.1, -0.05) is 12.1 Å². The van der Waals surface area contributed by atoms with Crippen molar-refractivity contribution in [2.45, 2.75) is 6.54 Å². The molecule has 2 fully saturated rings. The molecule has 2 aliphatic heterocycles. The first-order chi connectivity index (χ1) is 10.8. The fourth-order valence-electron chi connectivity index (χ4n) is 3.69. The van der Waals surface area contributed by atoms with Crippen LogP contribution in [0.4, 0.5) is 10.3 Å². The lowest BCUT2D eigenvalue weighted by molar-refractivity contribution is 0.308. The van der Waals surface area contributed by atoms with Gasteiger partial charge in [0.05, 0.1) is 0 Å².